The number of thioether (sulfide) groups is 1. The van der Waals surface area contributed by atoms with E-state index in [0.29, 0.717) is 10.9 Å². The molecule has 0 aromatic carbocycles. The molecule has 0 saturated carbocycles. The molecule has 0 saturated heterocycles. The average molecular weight is 294 g/mol. The van der Waals surface area contributed by atoms with E-state index in [0.717, 1.165) is 5.69 Å². The lowest BCUT2D eigenvalue weighted by atomic mass is 10.3. The Balaban J connectivity index is 2.03. The van der Waals surface area contributed by atoms with E-state index in [1.54, 1.807) is 18.7 Å². The van der Waals surface area contributed by atoms with Gasteiger partial charge in [-0.1, -0.05) is 17.0 Å². The molecule has 0 aliphatic heterocycles. The normalized spacial score (nSPS) is 10.5. The summed E-state index contributed by atoms with van der Waals surface area (Å²) in [5.74, 6) is 0.169. The Morgan fingerprint density at radius 3 is 2.95 bits per heavy atom. The minimum absolute atomic E-state index is 0.111. The molecule has 0 unspecified atom stereocenters. The Labute approximate surface area is 119 Å². The Morgan fingerprint density at radius 1 is 1.55 bits per heavy atom. The number of aryl methyl sites for hydroxylation is 1. The van der Waals surface area contributed by atoms with Crippen LogP contribution in [0.25, 0.3) is 0 Å². The smallest absolute Gasteiger partial charge is 0.343 e. The van der Waals surface area contributed by atoms with E-state index in [4.69, 9.17) is 10.5 Å². The van der Waals surface area contributed by atoms with Gasteiger partial charge in [-0.15, -0.1) is 5.10 Å². The number of nitrogen functional groups attached to an aromatic ring is 1. The van der Waals surface area contributed by atoms with Gasteiger partial charge in [0.1, 0.15) is 11.4 Å². The van der Waals surface area contributed by atoms with Crippen molar-refractivity contribution in [1.82, 2.24) is 25.0 Å². The highest BCUT2D eigenvalue weighted by atomic mass is 32.2. The molecule has 0 radical (unpaired) electrons. The Hall–Kier alpha value is -2.16. The van der Waals surface area contributed by atoms with Gasteiger partial charge >= 0.3 is 5.97 Å². The van der Waals surface area contributed by atoms with E-state index in [1.165, 1.54) is 18.0 Å². The zero-order chi connectivity index (χ0) is 14.5. The van der Waals surface area contributed by atoms with E-state index in [9.17, 15) is 4.79 Å². The van der Waals surface area contributed by atoms with Crippen molar-refractivity contribution in [2.24, 2.45) is 7.05 Å². The van der Waals surface area contributed by atoms with Crippen LogP contribution in [0.3, 0.4) is 0 Å². The number of nitrogens with two attached hydrogens (primary N) is 1. The molecular formula is C11H14N6O2S. The van der Waals surface area contributed by atoms with Crippen molar-refractivity contribution in [2.45, 2.75) is 17.8 Å². The number of hydrogen-bond donors (Lipinski definition) is 1. The molecular weight excluding hydrogens is 280 g/mol. The van der Waals surface area contributed by atoms with Crippen LogP contribution in [0.5, 0.6) is 0 Å². The van der Waals surface area contributed by atoms with Crippen molar-refractivity contribution in [1.29, 1.82) is 0 Å². The van der Waals surface area contributed by atoms with E-state index in [1.807, 2.05) is 6.20 Å². The SMILES string of the molecule is CCOC(=O)c1cnc(SCc2cn(C)nn2)nc1N. The number of nitrogens with zero attached hydrogens (tertiary/aromatic N) is 5. The maximum absolute atomic E-state index is 11.5. The lowest BCUT2D eigenvalue weighted by Gasteiger charge is -2.05. The fourth-order valence-electron chi connectivity index (χ4n) is 1.41. The van der Waals surface area contributed by atoms with Gasteiger partial charge in [0.15, 0.2) is 5.16 Å². The van der Waals surface area contributed by atoms with Gasteiger partial charge in [-0.2, -0.15) is 0 Å². The van der Waals surface area contributed by atoms with Crippen molar-refractivity contribution >= 4 is 23.5 Å². The van der Waals surface area contributed by atoms with Crippen molar-refractivity contribution < 1.29 is 9.53 Å². The molecule has 0 aliphatic carbocycles. The molecule has 2 heterocycles. The number of rotatable bonds is 5. The third-order valence-electron chi connectivity index (χ3n) is 2.29. The summed E-state index contributed by atoms with van der Waals surface area (Å²) < 4.78 is 6.47. The first-order valence-electron chi connectivity index (χ1n) is 5.87. The zero-order valence-electron chi connectivity index (χ0n) is 11.1. The minimum atomic E-state index is -0.518. The average Bonchev–Trinajstić information content (AvgIpc) is 2.82. The molecule has 0 amide bonds. The predicted molar refractivity (Wildman–Crippen MR) is 73.0 cm³/mol. The Bertz CT molecular complexity index is 615. The molecule has 20 heavy (non-hydrogen) atoms. The molecule has 2 aromatic heterocycles. The van der Waals surface area contributed by atoms with Crippen molar-refractivity contribution in [2.75, 3.05) is 12.3 Å². The summed E-state index contributed by atoms with van der Waals surface area (Å²) >= 11 is 1.36. The fourth-order valence-corrected chi connectivity index (χ4v) is 2.11. The molecule has 0 aliphatic rings. The summed E-state index contributed by atoms with van der Waals surface area (Å²) in [5.41, 5.74) is 6.72. The standard InChI is InChI=1S/C11H14N6O2S/c1-3-19-10(18)8-4-13-11(14-9(8)12)20-6-7-5-17(2)16-15-7/h4-5H,3,6H2,1-2H3,(H2,12,13,14). The van der Waals surface area contributed by atoms with Gasteiger partial charge in [0.25, 0.3) is 0 Å². The van der Waals surface area contributed by atoms with Crippen LogP contribution < -0.4 is 5.73 Å². The van der Waals surface area contributed by atoms with Crippen molar-refractivity contribution in [3.63, 3.8) is 0 Å². The fraction of sp³-hybridized carbons (Fsp3) is 0.364. The maximum atomic E-state index is 11.5. The number of carbonyl (C=O) groups is 1. The Kier molecular flexibility index (Phi) is 4.51. The van der Waals surface area contributed by atoms with Crippen LogP contribution in [0.4, 0.5) is 5.82 Å². The third-order valence-corrected chi connectivity index (χ3v) is 3.19. The summed E-state index contributed by atoms with van der Waals surface area (Å²) in [6.07, 6.45) is 3.18. The summed E-state index contributed by atoms with van der Waals surface area (Å²) in [5, 5.41) is 8.26. The lowest BCUT2D eigenvalue weighted by Crippen LogP contribution is -2.10. The molecule has 0 atom stereocenters. The highest BCUT2D eigenvalue weighted by Gasteiger charge is 2.14. The van der Waals surface area contributed by atoms with Gasteiger partial charge in [-0.25, -0.2) is 14.8 Å². The second-order valence-electron chi connectivity index (χ2n) is 3.84. The first-order chi connectivity index (χ1) is 9.60. The predicted octanol–water partition coefficient (Wildman–Crippen LogP) is 0.656. The molecule has 0 fully saturated rings. The highest BCUT2D eigenvalue weighted by Crippen LogP contribution is 2.20. The summed E-state index contributed by atoms with van der Waals surface area (Å²) in [6.45, 7) is 2.00. The van der Waals surface area contributed by atoms with Crippen LogP contribution in [0.2, 0.25) is 0 Å². The van der Waals surface area contributed by atoms with E-state index in [2.05, 4.69) is 20.3 Å². The molecule has 2 rings (SSSR count). The van der Waals surface area contributed by atoms with Crippen LogP contribution in [0.1, 0.15) is 23.0 Å². The number of carbonyl (C=O) groups excluding carboxylic acids is 1. The Morgan fingerprint density at radius 2 is 2.35 bits per heavy atom. The molecule has 8 nitrogen and oxygen atoms in total. The monoisotopic (exact) mass is 294 g/mol. The quantitative estimate of drug-likeness (QED) is 0.486. The number of hydrogen-bond acceptors (Lipinski definition) is 8. The second kappa shape index (κ2) is 6.33. The number of aromatic nitrogens is 5. The molecule has 2 aromatic rings. The summed E-state index contributed by atoms with van der Waals surface area (Å²) in [4.78, 5) is 19.7. The second-order valence-corrected chi connectivity index (χ2v) is 4.79. The highest BCUT2D eigenvalue weighted by molar-refractivity contribution is 7.98. The summed E-state index contributed by atoms with van der Waals surface area (Å²) in [6, 6.07) is 0. The molecule has 0 spiro atoms. The first-order valence-corrected chi connectivity index (χ1v) is 6.86. The van der Waals surface area contributed by atoms with Crippen LogP contribution in [-0.2, 0) is 17.5 Å². The maximum Gasteiger partial charge on any atom is 0.343 e. The van der Waals surface area contributed by atoms with Gasteiger partial charge in [0.05, 0.1) is 12.3 Å². The summed E-state index contributed by atoms with van der Waals surface area (Å²) in [7, 11) is 1.80. The van der Waals surface area contributed by atoms with E-state index < -0.39 is 5.97 Å². The largest absolute Gasteiger partial charge is 0.462 e. The van der Waals surface area contributed by atoms with Gasteiger partial charge in [0, 0.05) is 25.2 Å². The number of ether oxygens (including phenoxy) is 1. The molecule has 9 heteroatoms. The number of anilines is 1. The first kappa shape index (κ1) is 14.3. The third kappa shape index (κ3) is 3.44. The zero-order valence-corrected chi connectivity index (χ0v) is 11.9. The molecule has 106 valence electrons. The van der Waals surface area contributed by atoms with Crippen LogP contribution in [-0.4, -0.2) is 37.5 Å². The van der Waals surface area contributed by atoms with Gasteiger partial charge in [0.2, 0.25) is 0 Å². The minimum Gasteiger partial charge on any atom is -0.462 e. The lowest BCUT2D eigenvalue weighted by molar-refractivity contribution is 0.0526. The van der Waals surface area contributed by atoms with Crippen LogP contribution in [0.15, 0.2) is 17.6 Å². The number of esters is 1. The van der Waals surface area contributed by atoms with Gasteiger partial charge in [-0.3, -0.25) is 4.68 Å². The van der Waals surface area contributed by atoms with Gasteiger partial charge in [-0.05, 0) is 6.92 Å². The molecule has 2 N–H and O–H groups in total. The van der Waals surface area contributed by atoms with Crippen LogP contribution >= 0.6 is 11.8 Å². The molecule has 0 bridgehead atoms. The van der Waals surface area contributed by atoms with E-state index >= 15 is 0 Å². The van der Waals surface area contributed by atoms with Gasteiger partial charge < -0.3 is 10.5 Å². The van der Waals surface area contributed by atoms with E-state index in [-0.39, 0.29) is 18.0 Å². The van der Waals surface area contributed by atoms with Crippen molar-refractivity contribution in [3.05, 3.63) is 23.7 Å². The topological polar surface area (TPSA) is 109 Å². The van der Waals surface area contributed by atoms with Crippen molar-refractivity contribution in [3.8, 4) is 0 Å². The van der Waals surface area contributed by atoms with Crippen LogP contribution in [0, 0.1) is 0 Å².